The quantitative estimate of drug-likeness (QED) is 0.194. The monoisotopic (exact) mass is 516 g/mol. The highest BCUT2D eigenvalue weighted by atomic mass is 35.5. The van der Waals surface area contributed by atoms with E-state index in [1.807, 2.05) is 30.0 Å². The van der Waals surface area contributed by atoms with Gasteiger partial charge in [0.25, 0.3) is 0 Å². The van der Waals surface area contributed by atoms with Gasteiger partial charge in [-0.05, 0) is 49.4 Å². The summed E-state index contributed by atoms with van der Waals surface area (Å²) in [6.07, 6.45) is 6.14. The van der Waals surface area contributed by atoms with Crippen LogP contribution in [0, 0.1) is 0 Å². The Morgan fingerprint density at radius 2 is 1.91 bits per heavy atom. The van der Waals surface area contributed by atoms with Crippen LogP contribution in [0.3, 0.4) is 0 Å². The molecule has 3 rings (SSSR count). The Bertz CT molecular complexity index is 856. The maximum Gasteiger partial charge on any atom is 0.160 e. The topological polar surface area (TPSA) is 65.0 Å². The summed E-state index contributed by atoms with van der Waals surface area (Å²) in [5.41, 5.74) is 5.64. The lowest BCUT2D eigenvalue weighted by atomic mass is 9.87. The molecular weight excluding hydrogens is 479 g/mol. The number of benzene rings is 2. The van der Waals surface area contributed by atoms with E-state index in [4.69, 9.17) is 4.74 Å². The van der Waals surface area contributed by atoms with Crippen LogP contribution in [0.5, 0.6) is 17.2 Å². The molecule has 0 aromatic heterocycles. The van der Waals surface area contributed by atoms with E-state index < -0.39 is 0 Å². The maximum absolute atomic E-state index is 10.2. The van der Waals surface area contributed by atoms with Crippen molar-refractivity contribution in [3.05, 3.63) is 47.5 Å². The van der Waals surface area contributed by atoms with Gasteiger partial charge < -0.3 is 14.9 Å². The van der Waals surface area contributed by atoms with E-state index in [0.29, 0.717) is 11.3 Å². The lowest BCUT2D eigenvalue weighted by molar-refractivity contribution is 0.114. The molecule has 0 saturated heterocycles. The Morgan fingerprint density at radius 3 is 2.61 bits per heavy atom. The number of halogens is 2. The summed E-state index contributed by atoms with van der Waals surface area (Å²) in [5.74, 6) is 0.970. The zero-order valence-corrected chi connectivity index (χ0v) is 22.2. The largest absolute Gasteiger partial charge is 0.504 e. The second-order valence-electron chi connectivity index (χ2n) is 8.16. The van der Waals surface area contributed by atoms with Crippen LogP contribution in [0.1, 0.15) is 50.7 Å². The molecule has 2 aromatic carbocycles. The van der Waals surface area contributed by atoms with Gasteiger partial charge in [0.05, 0.1) is 7.11 Å². The molecule has 0 saturated carbocycles. The van der Waals surface area contributed by atoms with Crippen LogP contribution < -0.4 is 10.2 Å². The van der Waals surface area contributed by atoms with Gasteiger partial charge in [-0.25, -0.2) is 5.01 Å². The summed E-state index contributed by atoms with van der Waals surface area (Å²) in [6.45, 7) is 6.21. The first kappa shape index (κ1) is 29.7. The Labute approximate surface area is 215 Å². The fourth-order valence-corrected chi connectivity index (χ4v) is 5.65. The minimum atomic E-state index is -0.0198. The van der Waals surface area contributed by atoms with Crippen molar-refractivity contribution in [3.63, 3.8) is 0 Å². The maximum atomic E-state index is 10.2. The second kappa shape index (κ2) is 14.8. The highest BCUT2D eigenvalue weighted by Crippen LogP contribution is 2.38. The van der Waals surface area contributed by atoms with E-state index in [2.05, 4.69) is 36.4 Å². The standard InChI is InChI=1S/C25H36N2O3S.2ClH/c1-4-6-9-20(31-24-11-8-7-10-23(24)30-3)17-27(26-5-2)19-13-14-21-18(16-19)12-15-22(28)25(21)29;;/h7-8,10-12,15,19-20,26,28-29H,4-6,9,13-14,16-17H2,1-3H3;2*1H. The number of aromatic hydroxyl groups is 2. The van der Waals surface area contributed by atoms with Crippen LogP contribution in [0.15, 0.2) is 41.3 Å². The number of thioether (sulfide) groups is 1. The van der Waals surface area contributed by atoms with Crippen molar-refractivity contribution < 1.29 is 14.9 Å². The molecular formula is C25H38Cl2N2O3S. The average Bonchev–Trinajstić information content (AvgIpc) is 2.79. The SMILES string of the molecule is CCCCC(CN(NCC)C1CCc2c(ccc(O)c2O)C1)Sc1ccccc1OC.Cl.Cl. The zero-order chi connectivity index (χ0) is 22.2. The van der Waals surface area contributed by atoms with Crippen LogP contribution >= 0.6 is 36.6 Å². The van der Waals surface area contributed by atoms with Crippen molar-refractivity contribution in [2.75, 3.05) is 20.2 Å². The average molecular weight is 518 g/mol. The number of nitrogens with zero attached hydrogens (tertiary/aromatic N) is 1. The van der Waals surface area contributed by atoms with Crippen molar-refractivity contribution in [1.82, 2.24) is 10.4 Å². The highest BCUT2D eigenvalue weighted by molar-refractivity contribution is 8.00. The van der Waals surface area contributed by atoms with E-state index >= 15 is 0 Å². The van der Waals surface area contributed by atoms with Gasteiger partial charge in [-0.2, -0.15) is 0 Å². The molecule has 0 aliphatic heterocycles. The second-order valence-corrected chi connectivity index (χ2v) is 9.51. The Hall–Kier alpha value is -1.31. The molecule has 0 heterocycles. The summed E-state index contributed by atoms with van der Waals surface area (Å²) in [7, 11) is 1.73. The highest BCUT2D eigenvalue weighted by Gasteiger charge is 2.28. The molecule has 0 amide bonds. The van der Waals surface area contributed by atoms with E-state index in [-0.39, 0.29) is 36.3 Å². The third-order valence-electron chi connectivity index (χ3n) is 5.99. The fraction of sp³-hybridized carbons (Fsp3) is 0.520. The number of phenols is 2. The zero-order valence-electron chi connectivity index (χ0n) is 19.8. The molecule has 0 bridgehead atoms. The predicted molar refractivity (Wildman–Crippen MR) is 143 cm³/mol. The summed E-state index contributed by atoms with van der Waals surface area (Å²) in [4.78, 5) is 1.19. The molecule has 8 heteroatoms. The van der Waals surface area contributed by atoms with Gasteiger partial charge in [0, 0.05) is 34.8 Å². The minimum absolute atomic E-state index is 0. The molecule has 5 nitrogen and oxygen atoms in total. The first-order valence-corrected chi connectivity index (χ1v) is 12.3. The molecule has 3 N–H and O–H groups in total. The van der Waals surface area contributed by atoms with E-state index in [0.717, 1.165) is 55.6 Å². The van der Waals surface area contributed by atoms with Gasteiger partial charge >= 0.3 is 0 Å². The van der Waals surface area contributed by atoms with Crippen LogP contribution in [0.2, 0.25) is 0 Å². The van der Waals surface area contributed by atoms with Gasteiger partial charge in [0.1, 0.15) is 5.75 Å². The van der Waals surface area contributed by atoms with Gasteiger partial charge in [-0.1, -0.05) is 44.9 Å². The molecule has 2 unspecified atom stereocenters. The molecule has 1 aliphatic rings. The summed E-state index contributed by atoms with van der Waals surface area (Å²) in [6, 6.07) is 12.2. The number of para-hydroxylation sites is 1. The van der Waals surface area contributed by atoms with Crippen molar-refractivity contribution in [3.8, 4) is 17.2 Å². The van der Waals surface area contributed by atoms with Gasteiger partial charge in [-0.15, -0.1) is 36.6 Å². The summed E-state index contributed by atoms with van der Waals surface area (Å²) < 4.78 is 5.59. The molecule has 0 fully saturated rings. The van der Waals surface area contributed by atoms with E-state index in [1.54, 1.807) is 13.2 Å². The third kappa shape index (κ3) is 7.86. The van der Waals surface area contributed by atoms with E-state index in [1.165, 1.54) is 17.7 Å². The van der Waals surface area contributed by atoms with Crippen LogP contribution in [0.25, 0.3) is 0 Å². The molecule has 2 atom stereocenters. The van der Waals surface area contributed by atoms with Crippen LogP contribution in [0.4, 0.5) is 0 Å². The number of phenolic OH excluding ortho intramolecular Hbond substituents is 2. The van der Waals surface area contributed by atoms with Crippen molar-refractivity contribution in [2.24, 2.45) is 0 Å². The lowest BCUT2D eigenvalue weighted by Gasteiger charge is -2.37. The number of methoxy groups -OCH3 is 1. The Morgan fingerprint density at radius 1 is 1.15 bits per heavy atom. The smallest absolute Gasteiger partial charge is 0.160 e. The van der Waals surface area contributed by atoms with E-state index in [9.17, 15) is 10.2 Å². The first-order chi connectivity index (χ1) is 15.1. The number of rotatable bonds is 11. The van der Waals surface area contributed by atoms with Crippen LogP contribution in [-0.2, 0) is 12.8 Å². The number of ether oxygens (including phenoxy) is 1. The molecule has 186 valence electrons. The summed E-state index contributed by atoms with van der Waals surface area (Å²) in [5, 5.41) is 22.9. The summed E-state index contributed by atoms with van der Waals surface area (Å²) >= 11 is 1.91. The first-order valence-electron chi connectivity index (χ1n) is 11.4. The number of hydrogen-bond donors (Lipinski definition) is 3. The van der Waals surface area contributed by atoms with Crippen LogP contribution in [-0.4, -0.2) is 46.7 Å². The molecule has 33 heavy (non-hydrogen) atoms. The van der Waals surface area contributed by atoms with Crippen molar-refractivity contribution in [1.29, 1.82) is 0 Å². The van der Waals surface area contributed by atoms with Gasteiger partial charge in [-0.3, -0.25) is 5.43 Å². The number of fused-ring (bicyclic) bond motifs is 1. The predicted octanol–water partition coefficient (Wildman–Crippen LogP) is 5.98. The Balaban J connectivity index is 0.00000272. The Kier molecular flexibility index (Phi) is 13.4. The van der Waals surface area contributed by atoms with Gasteiger partial charge in [0.2, 0.25) is 0 Å². The third-order valence-corrected chi connectivity index (χ3v) is 7.30. The molecule has 0 radical (unpaired) electrons. The number of hydrogen-bond acceptors (Lipinski definition) is 6. The molecule has 1 aliphatic carbocycles. The van der Waals surface area contributed by atoms with Crippen molar-refractivity contribution in [2.45, 2.75) is 68.6 Å². The molecule has 0 spiro atoms. The normalized spacial score (nSPS) is 15.8. The van der Waals surface area contributed by atoms with Crippen molar-refractivity contribution >= 4 is 36.6 Å². The lowest BCUT2D eigenvalue weighted by Crippen LogP contribution is -2.50. The fourth-order valence-electron chi connectivity index (χ4n) is 4.35. The van der Waals surface area contributed by atoms with Gasteiger partial charge in [0.15, 0.2) is 11.5 Å². The number of nitrogens with one attached hydrogen (secondary N) is 1. The molecule has 2 aromatic rings. The minimum Gasteiger partial charge on any atom is -0.504 e. The number of unbranched alkanes of at least 4 members (excludes halogenated alkanes) is 1. The number of hydrazine groups is 1.